The number of halogens is 1. The number of hydrogen-bond donors (Lipinski definition) is 2. The first-order chi connectivity index (χ1) is 9.93. The van der Waals surface area contributed by atoms with Crippen LogP contribution < -0.4 is 5.32 Å². The van der Waals surface area contributed by atoms with Crippen LogP contribution in [-0.4, -0.2) is 31.8 Å². The van der Waals surface area contributed by atoms with E-state index in [-0.39, 0.29) is 4.90 Å². The lowest BCUT2D eigenvalue weighted by Gasteiger charge is -2.16. The number of aromatic amines is 1. The Morgan fingerprint density at radius 2 is 1.95 bits per heavy atom. The second-order valence-corrected chi connectivity index (χ2v) is 7.26. The largest absolute Gasteiger partial charge is 0.363 e. The molecule has 0 unspecified atom stereocenters. The van der Waals surface area contributed by atoms with Crippen molar-refractivity contribution in [3.63, 3.8) is 0 Å². The van der Waals surface area contributed by atoms with Crippen molar-refractivity contribution >= 4 is 21.6 Å². The molecule has 5 nitrogen and oxygen atoms in total. The molecule has 0 fully saturated rings. The highest BCUT2D eigenvalue weighted by Gasteiger charge is 2.22. The number of rotatable bonds is 6. The fourth-order valence-electron chi connectivity index (χ4n) is 1.97. The average molecular weight is 328 g/mol. The number of nitrogens with zero attached hydrogens (tertiary/aromatic N) is 1. The summed E-state index contributed by atoms with van der Waals surface area (Å²) in [6, 6.07) is 8.78. The Hall–Kier alpha value is -1.34. The maximum absolute atomic E-state index is 12.5. The summed E-state index contributed by atoms with van der Waals surface area (Å²) in [7, 11) is -0.132. The van der Waals surface area contributed by atoms with Crippen molar-refractivity contribution in [1.29, 1.82) is 0 Å². The van der Waals surface area contributed by atoms with Gasteiger partial charge in [-0.1, -0.05) is 23.7 Å². The summed E-state index contributed by atoms with van der Waals surface area (Å²) in [5.41, 5.74) is 1.72. The van der Waals surface area contributed by atoms with Gasteiger partial charge in [0.1, 0.15) is 0 Å². The lowest BCUT2D eigenvalue weighted by atomic mass is 10.2. The molecule has 0 amide bonds. The Morgan fingerprint density at radius 1 is 1.29 bits per heavy atom. The van der Waals surface area contributed by atoms with Gasteiger partial charge in [-0.25, -0.2) is 8.42 Å². The predicted octanol–water partition coefficient (Wildman–Crippen LogP) is 2.21. The second-order valence-electron chi connectivity index (χ2n) is 4.78. The number of aromatic nitrogens is 1. The molecule has 2 rings (SSSR count). The predicted molar refractivity (Wildman–Crippen MR) is 83.7 cm³/mol. The van der Waals surface area contributed by atoms with Gasteiger partial charge in [0.2, 0.25) is 10.0 Å². The lowest BCUT2D eigenvalue weighted by molar-refractivity contribution is 0.467. The Labute approximate surface area is 130 Å². The van der Waals surface area contributed by atoms with Crippen molar-refractivity contribution in [3.05, 3.63) is 52.8 Å². The van der Waals surface area contributed by atoms with Crippen molar-refractivity contribution in [2.45, 2.75) is 18.0 Å². The van der Waals surface area contributed by atoms with Gasteiger partial charge in [0.05, 0.1) is 4.90 Å². The number of hydrogen-bond acceptors (Lipinski definition) is 3. The number of sulfonamides is 1. The summed E-state index contributed by atoms with van der Waals surface area (Å²) in [5.74, 6) is 0. The van der Waals surface area contributed by atoms with Crippen LogP contribution in [0.15, 0.2) is 41.4 Å². The zero-order valence-electron chi connectivity index (χ0n) is 11.9. The molecule has 0 saturated carbocycles. The van der Waals surface area contributed by atoms with Crippen LogP contribution in [0.2, 0.25) is 5.02 Å². The van der Waals surface area contributed by atoms with Crippen LogP contribution in [0, 0.1) is 0 Å². The monoisotopic (exact) mass is 327 g/mol. The summed E-state index contributed by atoms with van der Waals surface area (Å²) >= 11 is 5.82. The van der Waals surface area contributed by atoms with Crippen molar-refractivity contribution in [3.8, 4) is 0 Å². The highest BCUT2D eigenvalue weighted by Crippen LogP contribution is 2.18. The first kappa shape index (κ1) is 16.0. The Morgan fingerprint density at radius 3 is 2.57 bits per heavy atom. The van der Waals surface area contributed by atoms with E-state index in [0.717, 1.165) is 11.3 Å². The topological polar surface area (TPSA) is 65.2 Å². The van der Waals surface area contributed by atoms with Gasteiger partial charge in [-0.2, -0.15) is 4.31 Å². The molecule has 2 N–H and O–H groups in total. The molecule has 1 aromatic carbocycles. The van der Waals surface area contributed by atoms with Gasteiger partial charge in [-0.3, -0.25) is 0 Å². The first-order valence-electron chi connectivity index (χ1n) is 6.46. The molecule has 114 valence electrons. The van der Waals surface area contributed by atoms with Crippen LogP contribution in [0.5, 0.6) is 0 Å². The Balaban J connectivity index is 2.15. The van der Waals surface area contributed by atoms with E-state index in [1.807, 2.05) is 19.2 Å². The quantitative estimate of drug-likeness (QED) is 0.855. The molecular weight excluding hydrogens is 310 g/mol. The van der Waals surface area contributed by atoms with E-state index in [4.69, 9.17) is 11.6 Å². The summed E-state index contributed by atoms with van der Waals surface area (Å²) in [6.07, 6.45) is 1.51. The molecule has 0 aliphatic carbocycles. The average Bonchev–Trinajstić information content (AvgIpc) is 2.91. The SMILES string of the molecule is CNCc1cc(S(=O)(=O)N(C)Cc2ccc(Cl)cc2)c[nH]1. The van der Waals surface area contributed by atoms with E-state index in [9.17, 15) is 8.42 Å². The minimum absolute atomic E-state index is 0.268. The Kier molecular flexibility index (Phi) is 5.05. The molecule has 0 spiro atoms. The third-order valence-corrected chi connectivity index (χ3v) is 5.14. The molecule has 7 heteroatoms. The molecule has 1 aromatic heterocycles. The van der Waals surface area contributed by atoms with Crippen LogP contribution in [-0.2, 0) is 23.1 Å². The minimum Gasteiger partial charge on any atom is -0.363 e. The van der Waals surface area contributed by atoms with Gasteiger partial charge in [0, 0.05) is 37.1 Å². The van der Waals surface area contributed by atoms with Gasteiger partial charge < -0.3 is 10.3 Å². The van der Waals surface area contributed by atoms with Crippen LogP contribution >= 0.6 is 11.6 Å². The minimum atomic E-state index is -3.50. The normalized spacial score (nSPS) is 12.0. The van der Waals surface area contributed by atoms with Crippen LogP contribution in [0.3, 0.4) is 0 Å². The number of nitrogens with one attached hydrogen (secondary N) is 2. The van der Waals surface area contributed by atoms with Gasteiger partial charge in [0.25, 0.3) is 0 Å². The lowest BCUT2D eigenvalue weighted by Crippen LogP contribution is -2.26. The van der Waals surface area contributed by atoms with E-state index < -0.39 is 10.0 Å². The summed E-state index contributed by atoms with van der Waals surface area (Å²) in [6.45, 7) is 0.891. The van der Waals surface area contributed by atoms with E-state index in [1.165, 1.54) is 10.5 Å². The van der Waals surface area contributed by atoms with Crippen molar-refractivity contribution in [1.82, 2.24) is 14.6 Å². The highest BCUT2D eigenvalue weighted by atomic mass is 35.5. The fraction of sp³-hybridized carbons (Fsp3) is 0.286. The highest BCUT2D eigenvalue weighted by molar-refractivity contribution is 7.89. The molecule has 0 aliphatic rings. The molecule has 0 bridgehead atoms. The standard InChI is InChI=1S/C14H18ClN3O2S/c1-16-8-13-7-14(9-17-13)21(19,20)18(2)10-11-3-5-12(15)6-4-11/h3-7,9,16-17H,8,10H2,1-2H3. The zero-order chi connectivity index (χ0) is 15.5. The van der Waals surface area contributed by atoms with E-state index in [2.05, 4.69) is 10.3 Å². The molecule has 21 heavy (non-hydrogen) atoms. The molecule has 2 aromatic rings. The molecule has 0 radical (unpaired) electrons. The van der Waals surface area contributed by atoms with Crippen LogP contribution in [0.4, 0.5) is 0 Å². The van der Waals surface area contributed by atoms with Crippen molar-refractivity contribution in [2.75, 3.05) is 14.1 Å². The third-order valence-electron chi connectivity index (χ3n) is 3.11. The molecule has 1 heterocycles. The van der Waals surface area contributed by atoms with Gasteiger partial charge >= 0.3 is 0 Å². The summed E-state index contributed by atoms with van der Waals surface area (Å²) < 4.78 is 26.3. The molecule has 0 saturated heterocycles. The maximum Gasteiger partial charge on any atom is 0.244 e. The maximum atomic E-state index is 12.5. The second kappa shape index (κ2) is 6.62. The van der Waals surface area contributed by atoms with Crippen LogP contribution in [0.25, 0.3) is 0 Å². The van der Waals surface area contributed by atoms with Crippen molar-refractivity contribution in [2.24, 2.45) is 0 Å². The van der Waals surface area contributed by atoms with Crippen molar-refractivity contribution < 1.29 is 8.42 Å². The van der Waals surface area contributed by atoms with Gasteiger partial charge in [-0.15, -0.1) is 0 Å². The molecule has 0 atom stereocenters. The van der Waals surface area contributed by atoms with E-state index in [0.29, 0.717) is 18.1 Å². The van der Waals surface area contributed by atoms with Crippen LogP contribution in [0.1, 0.15) is 11.3 Å². The fourth-order valence-corrected chi connectivity index (χ4v) is 3.28. The Bertz CT molecular complexity index is 695. The van der Waals surface area contributed by atoms with E-state index >= 15 is 0 Å². The van der Waals surface area contributed by atoms with Gasteiger partial charge in [0.15, 0.2) is 0 Å². The smallest absolute Gasteiger partial charge is 0.244 e. The summed E-state index contributed by atoms with van der Waals surface area (Å²) in [5, 5.41) is 3.60. The van der Waals surface area contributed by atoms with Gasteiger partial charge in [-0.05, 0) is 30.8 Å². The number of benzene rings is 1. The van der Waals surface area contributed by atoms with E-state index in [1.54, 1.807) is 25.2 Å². The number of H-pyrrole nitrogens is 1. The molecular formula is C14H18ClN3O2S. The zero-order valence-corrected chi connectivity index (χ0v) is 13.5. The molecule has 0 aliphatic heterocycles. The third kappa shape index (κ3) is 3.85. The summed E-state index contributed by atoms with van der Waals surface area (Å²) in [4.78, 5) is 3.22. The first-order valence-corrected chi connectivity index (χ1v) is 8.28.